The molecule has 17 heavy (non-hydrogen) atoms. The summed E-state index contributed by atoms with van der Waals surface area (Å²) >= 11 is 5.77. The lowest BCUT2D eigenvalue weighted by Crippen LogP contribution is -2.00. The van der Waals surface area contributed by atoms with E-state index in [9.17, 15) is 0 Å². The minimum absolute atomic E-state index is 0.249. The number of nitrogens with zero attached hydrogens (tertiary/aromatic N) is 2. The molecule has 0 aliphatic rings. The van der Waals surface area contributed by atoms with E-state index >= 15 is 0 Å². The summed E-state index contributed by atoms with van der Waals surface area (Å²) in [5.74, 6) is 1.12. The van der Waals surface area contributed by atoms with Crippen molar-refractivity contribution in [1.82, 2.24) is 9.97 Å². The molecule has 0 bridgehead atoms. The Morgan fingerprint density at radius 3 is 2.41 bits per heavy atom. The molecule has 0 radical (unpaired) electrons. The van der Waals surface area contributed by atoms with E-state index in [4.69, 9.17) is 26.8 Å². The molecule has 0 spiro atoms. The number of aromatic nitrogens is 2. The van der Waals surface area contributed by atoms with Gasteiger partial charge in [-0.1, -0.05) is 11.6 Å². The van der Waals surface area contributed by atoms with Crippen LogP contribution >= 0.6 is 11.6 Å². The Morgan fingerprint density at radius 2 is 1.76 bits per heavy atom. The zero-order valence-corrected chi connectivity index (χ0v) is 9.81. The van der Waals surface area contributed by atoms with Crippen LogP contribution in [0.1, 0.15) is 0 Å². The Hall–Kier alpha value is -2.01. The highest BCUT2D eigenvalue weighted by molar-refractivity contribution is 6.30. The van der Waals surface area contributed by atoms with Crippen LogP contribution < -0.4 is 15.2 Å². The summed E-state index contributed by atoms with van der Waals surface area (Å²) in [6, 6.07) is 6.86. The molecule has 0 fully saturated rings. The smallest absolute Gasteiger partial charge is 0.249 e. The maximum Gasteiger partial charge on any atom is 0.249 e. The molecule has 1 aromatic heterocycles. The molecule has 0 saturated carbocycles. The topological polar surface area (TPSA) is 70.3 Å². The first kappa shape index (κ1) is 11.5. The van der Waals surface area contributed by atoms with Crippen molar-refractivity contribution in [3.8, 4) is 17.5 Å². The summed E-state index contributed by atoms with van der Waals surface area (Å²) in [5, 5.41) is 0.630. The van der Waals surface area contributed by atoms with Crippen LogP contribution in [-0.2, 0) is 0 Å². The van der Waals surface area contributed by atoms with Crippen LogP contribution in [0.2, 0.25) is 5.02 Å². The van der Waals surface area contributed by atoms with E-state index in [1.165, 1.54) is 13.4 Å². The van der Waals surface area contributed by atoms with Crippen molar-refractivity contribution in [3.63, 3.8) is 0 Å². The second kappa shape index (κ2) is 4.88. The van der Waals surface area contributed by atoms with Crippen LogP contribution in [-0.4, -0.2) is 17.1 Å². The fourth-order valence-corrected chi connectivity index (χ4v) is 1.35. The van der Waals surface area contributed by atoms with E-state index in [1.54, 1.807) is 24.3 Å². The van der Waals surface area contributed by atoms with Gasteiger partial charge in [0.25, 0.3) is 0 Å². The molecule has 88 valence electrons. The minimum Gasteiger partial charge on any atom is -0.479 e. The number of hydrogen-bond acceptors (Lipinski definition) is 5. The first-order chi connectivity index (χ1) is 8.20. The Balaban J connectivity index is 2.27. The minimum atomic E-state index is 0.249. The van der Waals surface area contributed by atoms with Gasteiger partial charge in [0.1, 0.15) is 12.1 Å². The fourth-order valence-electron chi connectivity index (χ4n) is 1.22. The number of benzene rings is 1. The zero-order valence-electron chi connectivity index (χ0n) is 9.05. The summed E-state index contributed by atoms with van der Waals surface area (Å²) in [6.07, 6.45) is 1.32. The first-order valence-electron chi connectivity index (χ1n) is 4.78. The maximum atomic E-state index is 5.77. The monoisotopic (exact) mass is 251 g/mol. The molecule has 0 aliphatic heterocycles. The third-order valence-electron chi connectivity index (χ3n) is 2.03. The predicted molar refractivity (Wildman–Crippen MR) is 64.5 cm³/mol. The molecule has 0 unspecified atom stereocenters. The van der Waals surface area contributed by atoms with Crippen molar-refractivity contribution in [2.75, 3.05) is 12.8 Å². The van der Waals surface area contributed by atoms with Gasteiger partial charge in [-0.2, -0.15) is 9.97 Å². The molecule has 5 nitrogen and oxygen atoms in total. The summed E-state index contributed by atoms with van der Waals surface area (Å²) in [5.41, 5.74) is 6.03. The number of rotatable bonds is 3. The van der Waals surface area contributed by atoms with Crippen molar-refractivity contribution < 1.29 is 9.47 Å². The lowest BCUT2D eigenvalue weighted by atomic mass is 10.3. The summed E-state index contributed by atoms with van der Waals surface area (Å²) in [6.45, 7) is 0. The average Bonchev–Trinajstić information content (AvgIpc) is 2.35. The molecule has 6 heteroatoms. The zero-order chi connectivity index (χ0) is 12.3. The second-order valence-electron chi connectivity index (χ2n) is 3.16. The van der Waals surface area contributed by atoms with Gasteiger partial charge in [0.15, 0.2) is 5.69 Å². The Bertz CT molecular complexity index is 517. The molecule has 0 amide bonds. The van der Waals surface area contributed by atoms with Crippen molar-refractivity contribution in [3.05, 3.63) is 35.6 Å². The van der Waals surface area contributed by atoms with Crippen LogP contribution in [0.3, 0.4) is 0 Å². The van der Waals surface area contributed by atoms with Gasteiger partial charge in [0, 0.05) is 5.02 Å². The SMILES string of the molecule is COc1ncnc(Oc2ccc(Cl)cc2)c1N. The Morgan fingerprint density at radius 1 is 1.12 bits per heavy atom. The molecule has 1 aromatic carbocycles. The van der Waals surface area contributed by atoms with Gasteiger partial charge in [0.05, 0.1) is 7.11 Å². The highest BCUT2D eigenvalue weighted by Crippen LogP contribution is 2.30. The molecule has 2 rings (SSSR count). The molecule has 0 saturated heterocycles. The summed E-state index contributed by atoms with van der Waals surface area (Å²) in [4.78, 5) is 7.79. The standard InChI is InChI=1S/C11H10ClN3O2/c1-16-10-9(13)11(15-6-14-10)17-8-4-2-7(12)3-5-8/h2-6H,13H2,1H3. The Kier molecular flexibility index (Phi) is 3.30. The van der Waals surface area contributed by atoms with Crippen molar-refractivity contribution in [2.24, 2.45) is 0 Å². The van der Waals surface area contributed by atoms with Crippen LogP contribution in [0.15, 0.2) is 30.6 Å². The lowest BCUT2D eigenvalue weighted by molar-refractivity contribution is 0.391. The van der Waals surface area contributed by atoms with E-state index in [0.29, 0.717) is 10.8 Å². The number of nitrogens with two attached hydrogens (primary N) is 1. The molecule has 1 heterocycles. The van der Waals surface area contributed by atoms with Gasteiger partial charge < -0.3 is 15.2 Å². The number of nitrogen functional groups attached to an aromatic ring is 1. The third-order valence-corrected chi connectivity index (χ3v) is 2.28. The van der Waals surface area contributed by atoms with Gasteiger partial charge in [-0.15, -0.1) is 0 Å². The van der Waals surface area contributed by atoms with E-state index in [1.807, 2.05) is 0 Å². The van der Waals surface area contributed by atoms with Gasteiger partial charge in [-0.25, -0.2) is 0 Å². The summed E-state index contributed by atoms with van der Waals surface area (Å²) < 4.78 is 10.5. The van der Waals surface area contributed by atoms with Crippen LogP contribution in [0.4, 0.5) is 5.69 Å². The normalized spacial score (nSPS) is 10.0. The largest absolute Gasteiger partial charge is 0.479 e. The van der Waals surface area contributed by atoms with Crippen LogP contribution in [0.25, 0.3) is 0 Å². The number of anilines is 1. The number of ether oxygens (including phenoxy) is 2. The molecular weight excluding hydrogens is 242 g/mol. The quantitative estimate of drug-likeness (QED) is 0.908. The van der Waals surface area contributed by atoms with Crippen molar-refractivity contribution in [1.29, 1.82) is 0 Å². The number of methoxy groups -OCH3 is 1. The van der Waals surface area contributed by atoms with Crippen molar-refractivity contribution in [2.45, 2.75) is 0 Å². The van der Waals surface area contributed by atoms with Gasteiger partial charge in [0.2, 0.25) is 11.8 Å². The molecule has 0 atom stereocenters. The Labute approximate surface area is 103 Å². The highest BCUT2D eigenvalue weighted by Gasteiger charge is 2.10. The van der Waals surface area contributed by atoms with Gasteiger partial charge in [-0.05, 0) is 24.3 Å². The number of halogens is 1. The van der Waals surface area contributed by atoms with Gasteiger partial charge >= 0.3 is 0 Å². The van der Waals surface area contributed by atoms with Crippen LogP contribution in [0, 0.1) is 0 Å². The molecular formula is C11H10ClN3O2. The van der Waals surface area contributed by atoms with E-state index < -0.39 is 0 Å². The van der Waals surface area contributed by atoms with Crippen LogP contribution in [0.5, 0.6) is 17.5 Å². The summed E-state index contributed by atoms with van der Waals surface area (Å²) in [7, 11) is 1.48. The average molecular weight is 252 g/mol. The molecule has 2 N–H and O–H groups in total. The van der Waals surface area contributed by atoms with E-state index in [0.717, 1.165) is 0 Å². The highest BCUT2D eigenvalue weighted by atomic mass is 35.5. The predicted octanol–water partition coefficient (Wildman–Crippen LogP) is 2.51. The third kappa shape index (κ3) is 2.57. The fraction of sp³-hybridized carbons (Fsp3) is 0.0909. The lowest BCUT2D eigenvalue weighted by Gasteiger charge is -2.08. The van der Waals surface area contributed by atoms with Crippen molar-refractivity contribution >= 4 is 17.3 Å². The second-order valence-corrected chi connectivity index (χ2v) is 3.59. The first-order valence-corrected chi connectivity index (χ1v) is 5.16. The molecule has 0 aliphatic carbocycles. The maximum absolute atomic E-state index is 5.77. The molecule has 2 aromatic rings. The van der Waals surface area contributed by atoms with Gasteiger partial charge in [-0.3, -0.25) is 0 Å². The van der Waals surface area contributed by atoms with E-state index in [-0.39, 0.29) is 17.4 Å². The van der Waals surface area contributed by atoms with E-state index in [2.05, 4.69) is 9.97 Å². The number of hydrogen-bond donors (Lipinski definition) is 1.